The molecule has 0 saturated carbocycles. The van der Waals surface area contributed by atoms with E-state index in [1.54, 1.807) is 13.3 Å². The molecule has 0 radical (unpaired) electrons. The first-order valence-corrected chi connectivity index (χ1v) is 5.62. The van der Waals surface area contributed by atoms with Crippen molar-refractivity contribution in [3.8, 4) is 0 Å². The Kier molecular flexibility index (Phi) is 4.96. The average molecular weight is 244 g/mol. The number of anilines is 1. The molecule has 5 heteroatoms. The minimum atomic E-state index is -0.0431. The number of methoxy groups -OCH3 is 1. The van der Waals surface area contributed by atoms with Crippen molar-refractivity contribution in [2.45, 2.75) is 19.2 Å². The number of aromatic nitrogens is 2. The summed E-state index contributed by atoms with van der Waals surface area (Å²) < 4.78 is 4.99. The molecular weight excluding hydrogens is 226 g/mol. The molecule has 16 heavy (non-hydrogen) atoms. The van der Waals surface area contributed by atoms with Gasteiger partial charge in [0.15, 0.2) is 0 Å². The van der Waals surface area contributed by atoms with E-state index in [-0.39, 0.29) is 5.38 Å². The standard InChI is InChI=1S/C11H18ClN3O/c1-8-9(2)14-11(5-13-8)15(3)6-10(12)7-16-4/h5,10H,6-7H2,1-4H3. The van der Waals surface area contributed by atoms with Crippen LogP contribution in [0.3, 0.4) is 0 Å². The van der Waals surface area contributed by atoms with Crippen molar-refractivity contribution in [1.29, 1.82) is 0 Å². The predicted molar refractivity (Wildman–Crippen MR) is 66.3 cm³/mol. The predicted octanol–water partition coefficient (Wildman–Crippen LogP) is 1.78. The van der Waals surface area contributed by atoms with Crippen molar-refractivity contribution in [2.75, 3.05) is 32.2 Å². The zero-order valence-electron chi connectivity index (χ0n) is 10.2. The molecule has 0 fully saturated rings. The van der Waals surface area contributed by atoms with Crippen LogP contribution >= 0.6 is 11.6 Å². The van der Waals surface area contributed by atoms with Crippen LogP contribution in [0, 0.1) is 13.8 Å². The summed E-state index contributed by atoms with van der Waals surface area (Å²) in [6, 6.07) is 0. The van der Waals surface area contributed by atoms with Crippen molar-refractivity contribution in [3.05, 3.63) is 17.6 Å². The van der Waals surface area contributed by atoms with Gasteiger partial charge in [-0.2, -0.15) is 0 Å². The number of nitrogens with zero attached hydrogens (tertiary/aromatic N) is 3. The zero-order chi connectivity index (χ0) is 12.1. The van der Waals surface area contributed by atoms with Gasteiger partial charge >= 0.3 is 0 Å². The summed E-state index contributed by atoms with van der Waals surface area (Å²) in [6.07, 6.45) is 1.76. The number of halogens is 1. The third-order valence-electron chi connectivity index (χ3n) is 2.39. The van der Waals surface area contributed by atoms with Crippen molar-refractivity contribution < 1.29 is 4.74 Å². The average Bonchev–Trinajstić information content (AvgIpc) is 2.22. The van der Waals surface area contributed by atoms with Crippen molar-refractivity contribution in [2.24, 2.45) is 0 Å². The molecule has 0 saturated heterocycles. The summed E-state index contributed by atoms with van der Waals surface area (Å²) in [5.74, 6) is 0.838. The third-order valence-corrected chi connectivity index (χ3v) is 2.65. The van der Waals surface area contributed by atoms with Crippen LogP contribution in [0.1, 0.15) is 11.4 Å². The summed E-state index contributed by atoms with van der Waals surface area (Å²) >= 11 is 6.08. The topological polar surface area (TPSA) is 38.2 Å². The van der Waals surface area contributed by atoms with E-state index in [4.69, 9.17) is 16.3 Å². The lowest BCUT2D eigenvalue weighted by atomic mass is 10.3. The molecule has 4 nitrogen and oxygen atoms in total. The first kappa shape index (κ1) is 13.2. The molecule has 1 rings (SSSR count). The van der Waals surface area contributed by atoms with Gasteiger partial charge in [-0.3, -0.25) is 4.98 Å². The normalized spacial score (nSPS) is 12.6. The fourth-order valence-electron chi connectivity index (χ4n) is 1.34. The molecular formula is C11H18ClN3O. The monoisotopic (exact) mass is 243 g/mol. The molecule has 1 aromatic rings. The van der Waals surface area contributed by atoms with Gasteiger partial charge in [0, 0.05) is 20.7 Å². The third kappa shape index (κ3) is 3.61. The van der Waals surface area contributed by atoms with Crippen LogP contribution in [0.2, 0.25) is 0 Å². The highest BCUT2D eigenvalue weighted by Gasteiger charge is 2.10. The Morgan fingerprint density at radius 1 is 1.44 bits per heavy atom. The Balaban J connectivity index is 2.65. The maximum atomic E-state index is 6.08. The number of rotatable bonds is 5. The van der Waals surface area contributed by atoms with E-state index < -0.39 is 0 Å². The van der Waals surface area contributed by atoms with E-state index in [0.717, 1.165) is 17.2 Å². The van der Waals surface area contributed by atoms with Gasteiger partial charge in [-0.05, 0) is 13.8 Å². The summed E-state index contributed by atoms with van der Waals surface area (Å²) in [5.41, 5.74) is 1.90. The summed E-state index contributed by atoms with van der Waals surface area (Å²) in [4.78, 5) is 10.7. The van der Waals surface area contributed by atoms with Gasteiger partial charge in [-0.25, -0.2) is 4.98 Å². The minimum absolute atomic E-state index is 0.0431. The van der Waals surface area contributed by atoms with Crippen LogP contribution in [0.4, 0.5) is 5.82 Å². The molecule has 0 aliphatic heterocycles. The number of hydrogen-bond donors (Lipinski definition) is 0. The SMILES string of the molecule is COCC(Cl)CN(C)c1cnc(C)c(C)n1. The molecule has 0 bridgehead atoms. The molecule has 0 aromatic carbocycles. The molecule has 1 unspecified atom stereocenters. The summed E-state index contributed by atoms with van der Waals surface area (Å²) in [7, 11) is 3.59. The smallest absolute Gasteiger partial charge is 0.147 e. The van der Waals surface area contributed by atoms with E-state index in [1.807, 2.05) is 25.8 Å². The first-order chi connectivity index (χ1) is 7.54. The Hall–Kier alpha value is -0.870. The Bertz CT molecular complexity index is 346. The number of hydrogen-bond acceptors (Lipinski definition) is 4. The van der Waals surface area contributed by atoms with Crippen LogP contribution < -0.4 is 4.90 Å². The van der Waals surface area contributed by atoms with E-state index in [9.17, 15) is 0 Å². The van der Waals surface area contributed by atoms with Crippen molar-refractivity contribution in [3.63, 3.8) is 0 Å². The van der Waals surface area contributed by atoms with Crippen LogP contribution in [0.5, 0.6) is 0 Å². The summed E-state index contributed by atoms with van der Waals surface area (Å²) in [6.45, 7) is 5.12. The summed E-state index contributed by atoms with van der Waals surface area (Å²) in [5, 5.41) is -0.0431. The second kappa shape index (κ2) is 6.01. The molecule has 0 amide bonds. The van der Waals surface area contributed by atoms with Crippen LogP contribution in [0.15, 0.2) is 6.20 Å². The van der Waals surface area contributed by atoms with E-state index in [0.29, 0.717) is 13.2 Å². The van der Waals surface area contributed by atoms with Crippen LogP contribution in [0.25, 0.3) is 0 Å². The van der Waals surface area contributed by atoms with E-state index in [2.05, 4.69) is 9.97 Å². The first-order valence-electron chi connectivity index (χ1n) is 5.19. The second-order valence-electron chi connectivity index (χ2n) is 3.83. The maximum Gasteiger partial charge on any atom is 0.147 e. The molecule has 1 heterocycles. The Morgan fingerprint density at radius 3 is 2.69 bits per heavy atom. The van der Waals surface area contributed by atoms with E-state index >= 15 is 0 Å². The minimum Gasteiger partial charge on any atom is -0.383 e. The lowest BCUT2D eigenvalue weighted by Crippen LogP contribution is -2.29. The highest BCUT2D eigenvalue weighted by molar-refractivity contribution is 6.21. The van der Waals surface area contributed by atoms with Gasteiger partial charge in [-0.1, -0.05) is 0 Å². The van der Waals surface area contributed by atoms with Gasteiger partial charge in [0.05, 0.1) is 29.6 Å². The number of aryl methyl sites for hydroxylation is 2. The molecule has 0 spiro atoms. The van der Waals surface area contributed by atoms with Crippen LogP contribution in [-0.4, -0.2) is 42.7 Å². The molecule has 0 aliphatic carbocycles. The molecule has 90 valence electrons. The second-order valence-corrected chi connectivity index (χ2v) is 4.45. The highest BCUT2D eigenvalue weighted by atomic mass is 35.5. The quantitative estimate of drug-likeness (QED) is 0.739. The molecule has 0 N–H and O–H groups in total. The lowest BCUT2D eigenvalue weighted by Gasteiger charge is -2.21. The van der Waals surface area contributed by atoms with Gasteiger partial charge in [-0.15, -0.1) is 11.6 Å². The fourth-order valence-corrected chi connectivity index (χ4v) is 1.67. The van der Waals surface area contributed by atoms with Crippen molar-refractivity contribution in [1.82, 2.24) is 9.97 Å². The van der Waals surface area contributed by atoms with Gasteiger partial charge in [0.25, 0.3) is 0 Å². The molecule has 0 aliphatic rings. The molecule has 1 atom stereocenters. The van der Waals surface area contributed by atoms with Gasteiger partial charge < -0.3 is 9.64 Å². The van der Waals surface area contributed by atoms with Crippen LogP contribution in [-0.2, 0) is 4.74 Å². The Morgan fingerprint density at radius 2 is 2.12 bits per heavy atom. The number of ether oxygens (including phenoxy) is 1. The molecule has 1 aromatic heterocycles. The van der Waals surface area contributed by atoms with Gasteiger partial charge in [0.2, 0.25) is 0 Å². The van der Waals surface area contributed by atoms with Crippen molar-refractivity contribution >= 4 is 17.4 Å². The fraction of sp³-hybridized carbons (Fsp3) is 0.636. The zero-order valence-corrected chi connectivity index (χ0v) is 11.0. The number of alkyl halides is 1. The lowest BCUT2D eigenvalue weighted by molar-refractivity contribution is 0.199. The Labute approximate surface area is 102 Å². The largest absolute Gasteiger partial charge is 0.383 e. The van der Waals surface area contributed by atoms with Gasteiger partial charge in [0.1, 0.15) is 5.82 Å². The maximum absolute atomic E-state index is 6.08. The van der Waals surface area contributed by atoms with E-state index in [1.165, 1.54) is 0 Å². The highest BCUT2D eigenvalue weighted by Crippen LogP contribution is 2.11.